The largest absolute Gasteiger partial charge is 0.254 e. The molecule has 0 unspecified atom stereocenters. The van der Waals surface area contributed by atoms with E-state index in [-0.39, 0.29) is 5.41 Å². The first-order valence-corrected chi connectivity index (χ1v) is 13.5. The molecule has 0 atom stereocenters. The Morgan fingerprint density at radius 3 is 2.13 bits per heavy atom. The summed E-state index contributed by atoms with van der Waals surface area (Å²) in [6, 6.07) is 41.6. The van der Waals surface area contributed by atoms with Gasteiger partial charge in [-0.25, -0.2) is 4.98 Å². The number of nitrogens with zero attached hydrogens (tertiary/aromatic N) is 2. The van der Waals surface area contributed by atoms with E-state index in [0.29, 0.717) is 0 Å². The van der Waals surface area contributed by atoms with Gasteiger partial charge in [-0.05, 0) is 62.4 Å². The lowest BCUT2D eigenvalue weighted by Gasteiger charge is -2.24. The molecular weight excluding hydrogens is 472 g/mol. The van der Waals surface area contributed by atoms with Gasteiger partial charge in [0.05, 0.1) is 16.7 Å². The zero-order valence-electron chi connectivity index (χ0n) is 21.9. The predicted octanol–water partition coefficient (Wildman–Crippen LogP) is 9.58. The van der Waals surface area contributed by atoms with E-state index >= 15 is 0 Å². The minimum Gasteiger partial charge on any atom is -0.254 e. The molecule has 0 fully saturated rings. The van der Waals surface area contributed by atoms with Crippen LogP contribution >= 0.6 is 0 Å². The molecule has 5 aromatic carbocycles. The van der Waals surface area contributed by atoms with Crippen molar-refractivity contribution in [3.8, 4) is 33.5 Å². The first kappa shape index (κ1) is 22.2. The first-order chi connectivity index (χ1) is 19.1. The van der Waals surface area contributed by atoms with Gasteiger partial charge in [0, 0.05) is 27.9 Å². The molecule has 0 saturated carbocycles. The van der Waals surface area contributed by atoms with Crippen LogP contribution in [0.3, 0.4) is 0 Å². The molecule has 39 heavy (non-hydrogen) atoms. The molecule has 2 heterocycles. The summed E-state index contributed by atoms with van der Waals surface area (Å²) in [4.78, 5) is 9.68. The van der Waals surface area contributed by atoms with Crippen LogP contribution in [-0.4, -0.2) is 9.97 Å². The summed E-state index contributed by atoms with van der Waals surface area (Å²) in [7, 11) is 0. The normalized spacial score (nSPS) is 13.6. The lowest BCUT2D eigenvalue weighted by atomic mass is 9.79. The maximum absolute atomic E-state index is 5.06. The zero-order chi connectivity index (χ0) is 26.1. The van der Waals surface area contributed by atoms with Crippen LogP contribution in [0.2, 0.25) is 0 Å². The fourth-order valence-electron chi connectivity index (χ4n) is 6.59. The molecule has 2 aromatic heterocycles. The van der Waals surface area contributed by atoms with Crippen LogP contribution in [0.4, 0.5) is 0 Å². The molecule has 2 heteroatoms. The van der Waals surface area contributed by atoms with E-state index in [0.717, 1.165) is 33.1 Å². The molecule has 0 aliphatic heterocycles. The molecule has 0 radical (unpaired) electrons. The lowest BCUT2D eigenvalue weighted by molar-refractivity contribution is 0.666. The number of rotatable bonds is 2. The second-order valence-corrected chi connectivity index (χ2v) is 11.1. The van der Waals surface area contributed by atoms with Crippen molar-refractivity contribution in [1.82, 2.24) is 9.97 Å². The zero-order valence-corrected chi connectivity index (χ0v) is 21.9. The SMILES string of the molecule is CC1(C)c2ccccc2-c2c(-c3ccc(-c4ccc5ccc6cccnc6c5n4)cc3)cc3ccccc3c21. The van der Waals surface area contributed by atoms with E-state index < -0.39 is 0 Å². The third kappa shape index (κ3) is 3.21. The van der Waals surface area contributed by atoms with Gasteiger partial charge in [0.15, 0.2) is 0 Å². The Morgan fingerprint density at radius 1 is 0.564 bits per heavy atom. The van der Waals surface area contributed by atoms with Crippen molar-refractivity contribution < 1.29 is 0 Å². The topological polar surface area (TPSA) is 25.8 Å². The molecule has 1 aliphatic rings. The Hall–Kier alpha value is -4.82. The highest BCUT2D eigenvalue weighted by Crippen LogP contribution is 2.54. The molecule has 1 aliphatic carbocycles. The van der Waals surface area contributed by atoms with Crippen LogP contribution in [0, 0.1) is 0 Å². The van der Waals surface area contributed by atoms with E-state index in [4.69, 9.17) is 4.98 Å². The summed E-state index contributed by atoms with van der Waals surface area (Å²) in [6.07, 6.45) is 1.84. The highest BCUT2D eigenvalue weighted by molar-refractivity contribution is 6.05. The first-order valence-electron chi connectivity index (χ1n) is 13.5. The van der Waals surface area contributed by atoms with Crippen molar-refractivity contribution in [2.24, 2.45) is 0 Å². The Bertz CT molecular complexity index is 2080. The number of fused-ring (bicyclic) bond motifs is 8. The third-order valence-electron chi connectivity index (χ3n) is 8.47. The van der Waals surface area contributed by atoms with Gasteiger partial charge in [-0.2, -0.15) is 0 Å². The average Bonchev–Trinajstić information content (AvgIpc) is 3.24. The highest BCUT2D eigenvalue weighted by Gasteiger charge is 2.38. The quantitative estimate of drug-likeness (QED) is 0.222. The molecule has 0 N–H and O–H groups in total. The minimum atomic E-state index is -0.0622. The fraction of sp³-hybridized carbons (Fsp3) is 0.0811. The summed E-state index contributed by atoms with van der Waals surface area (Å²) in [6.45, 7) is 4.72. The summed E-state index contributed by atoms with van der Waals surface area (Å²) in [5.41, 5.74) is 11.9. The highest BCUT2D eigenvalue weighted by atomic mass is 14.7. The fourth-order valence-corrected chi connectivity index (χ4v) is 6.59. The van der Waals surface area contributed by atoms with E-state index in [9.17, 15) is 0 Å². The summed E-state index contributed by atoms with van der Waals surface area (Å²) >= 11 is 0. The Morgan fingerprint density at radius 2 is 1.26 bits per heavy atom. The Kier molecular flexibility index (Phi) is 4.60. The molecule has 0 spiro atoms. The van der Waals surface area contributed by atoms with Gasteiger partial charge in [0.2, 0.25) is 0 Å². The van der Waals surface area contributed by atoms with Gasteiger partial charge in [-0.15, -0.1) is 0 Å². The number of pyridine rings is 2. The number of aromatic nitrogens is 2. The van der Waals surface area contributed by atoms with Crippen molar-refractivity contribution >= 4 is 32.6 Å². The van der Waals surface area contributed by atoms with Crippen molar-refractivity contribution in [2.45, 2.75) is 19.3 Å². The van der Waals surface area contributed by atoms with E-state index in [2.05, 4.69) is 128 Å². The smallest absolute Gasteiger partial charge is 0.0972 e. The average molecular weight is 499 g/mol. The molecule has 7 aromatic rings. The van der Waals surface area contributed by atoms with E-state index in [1.807, 2.05) is 12.3 Å². The van der Waals surface area contributed by atoms with Crippen LogP contribution in [0.25, 0.3) is 66.1 Å². The summed E-state index contributed by atoms with van der Waals surface area (Å²) < 4.78 is 0. The molecule has 0 bridgehead atoms. The van der Waals surface area contributed by atoms with Crippen LogP contribution in [0.15, 0.2) is 121 Å². The standard InChI is InChI=1S/C37H26N2/c1-37(2)31-12-6-5-11-29(31)33-30(22-27-8-3-4-10-28(27)34(33)37)23-13-15-24(16-14-23)32-20-19-26-18-17-25-9-7-21-38-35(25)36(26)39-32/h3-22H,1-2H3. The van der Waals surface area contributed by atoms with E-state index in [1.54, 1.807) is 0 Å². The predicted molar refractivity (Wildman–Crippen MR) is 163 cm³/mol. The van der Waals surface area contributed by atoms with Gasteiger partial charge in [-0.3, -0.25) is 4.98 Å². The van der Waals surface area contributed by atoms with Crippen molar-refractivity contribution in [2.75, 3.05) is 0 Å². The molecule has 2 nitrogen and oxygen atoms in total. The van der Waals surface area contributed by atoms with Crippen molar-refractivity contribution in [3.05, 3.63) is 133 Å². The Balaban J connectivity index is 1.30. The molecule has 0 amide bonds. The molecule has 184 valence electrons. The number of hydrogen-bond acceptors (Lipinski definition) is 2. The summed E-state index contributed by atoms with van der Waals surface area (Å²) in [5.74, 6) is 0. The second kappa shape index (κ2) is 8.09. The number of hydrogen-bond donors (Lipinski definition) is 0. The van der Waals surface area contributed by atoms with E-state index in [1.165, 1.54) is 44.2 Å². The van der Waals surface area contributed by atoms with Gasteiger partial charge in [0.1, 0.15) is 0 Å². The third-order valence-corrected chi connectivity index (χ3v) is 8.47. The molecular formula is C37H26N2. The van der Waals surface area contributed by atoms with Gasteiger partial charge >= 0.3 is 0 Å². The number of benzene rings is 5. The van der Waals surface area contributed by atoms with Gasteiger partial charge in [0.25, 0.3) is 0 Å². The Labute approximate surface area is 227 Å². The maximum atomic E-state index is 5.06. The van der Waals surface area contributed by atoms with Crippen LogP contribution in [0.5, 0.6) is 0 Å². The molecule has 8 rings (SSSR count). The van der Waals surface area contributed by atoms with Crippen LogP contribution in [0.1, 0.15) is 25.0 Å². The van der Waals surface area contributed by atoms with Crippen LogP contribution < -0.4 is 0 Å². The van der Waals surface area contributed by atoms with Gasteiger partial charge in [-0.1, -0.05) is 111 Å². The van der Waals surface area contributed by atoms with Crippen molar-refractivity contribution in [3.63, 3.8) is 0 Å². The lowest BCUT2D eigenvalue weighted by Crippen LogP contribution is -2.15. The molecule has 0 saturated heterocycles. The van der Waals surface area contributed by atoms with Crippen LogP contribution in [-0.2, 0) is 5.41 Å². The van der Waals surface area contributed by atoms with Crippen molar-refractivity contribution in [1.29, 1.82) is 0 Å². The van der Waals surface area contributed by atoms with Gasteiger partial charge < -0.3 is 0 Å². The maximum Gasteiger partial charge on any atom is 0.0972 e. The monoisotopic (exact) mass is 498 g/mol. The second-order valence-electron chi connectivity index (χ2n) is 11.1. The minimum absolute atomic E-state index is 0.0622. The summed E-state index contributed by atoms with van der Waals surface area (Å²) in [5, 5.41) is 4.84.